The smallest absolute Gasteiger partial charge is 0.420 e. The van der Waals surface area contributed by atoms with Gasteiger partial charge in [-0.05, 0) is 30.3 Å². The van der Waals surface area contributed by atoms with Crippen molar-refractivity contribution in [1.82, 2.24) is 5.32 Å². The summed E-state index contributed by atoms with van der Waals surface area (Å²) >= 11 is 0. The molecule has 0 spiro atoms. The van der Waals surface area contributed by atoms with Crippen molar-refractivity contribution in [3.05, 3.63) is 64.6 Å². The van der Waals surface area contributed by atoms with E-state index < -0.39 is 58.0 Å². The van der Waals surface area contributed by atoms with Crippen molar-refractivity contribution in [2.24, 2.45) is 0 Å². The van der Waals surface area contributed by atoms with Gasteiger partial charge in [-0.1, -0.05) is 19.8 Å². The van der Waals surface area contributed by atoms with Gasteiger partial charge < -0.3 is 14.8 Å². The molecule has 0 fully saturated rings. The van der Waals surface area contributed by atoms with Crippen LogP contribution in [0.1, 0.15) is 36.1 Å². The number of halogens is 7. The predicted octanol–water partition coefficient (Wildman–Crippen LogP) is 6.38. The van der Waals surface area contributed by atoms with E-state index >= 15 is 0 Å². The number of anilines is 1. The van der Waals surface area contributed by atoms with Crippen molar-refractivity contribution in [2.45, 2.75) is 26.2 Å². The molecular formula is C23H19F7N2O3. The molecule has 5 nitrogen and oxygen atoms in total. The Bertz CT molecular complexity index is 1150. The fraction of sp³-hybridized carbons (Fsp3) is 0.261. The molecule has 2 aromatic carbocycles. The van der Waals surface area contributed by atoms with E-state index in [1.165, 1.54) is 0 Å². The standard InChI is InChI=1S/C21H13F7N2O3.C2H6/c1-3-13-14(20(23,24)25)8-15(21(26,27)28)18(17(13)16-9-29-10-32-16)33-19(31)30(2)12-6-4-11(22)5-7-12;1-2/h1,4-9,29H,10H2,2H3;1-2H3. The van der Waals surface area contributed by atoms with Crippen LogP contribution in [0.5, 0.6) is 5.75 Å². The number of amides is 1. The van der Waals surface area contributed by atoms with Crippen molar-refractivity contribution < 1.29 is 45.0 Å². The van der Waals surface area contributed by atoms with Crippen LogP contribution in [-0.4, -0.2) is 19.9 Å². The number of ether oxygens (including phenoxy) is 2. The zero-order valence-electron chi connectivity index (χ0n) is 18.6. The molecule has 0 atom stereocenters. The van der Waals surface area contributed by atoms with E-state index in [2.05, 4.69) is 5.32 Å². The van der Waals surface area contributed by atoms with Gasteiger partial charge in [-0.25, -0.2) is 9.18 Å². The summed E-state index contributed by atoms with van der Waals surface area (Å²) in [6, 6.07) is 4.05. The Morgan fingerprint density at radius 1 is 1.09 bits per heavy atom. The minimum absolute atomic E-state index is 0.0404. The van der Waals surface area contributed by atoms with Crippen LogP contribution >= 0.6 is 0 Å². The number of alkyl halides is 6. The molecular weight excluding hydrogens is 485 g/mol. The normalized spacial score (nSPS) is 12.9. The zero-order valence-corrected chi connectivity index (χ0v) is 18.6. The first-order valence-corrected chi connectivity index (χ1v) is 9.94. The van der Waals surface area contributed by atoms with Gasteiger partial charge in [0.05, 0.1) is 22.3 Å². The number of terminal acetylenes is 1. The third-order valence-corrected chi connectivity index (χ3v) is 4.50. The summed E-state index contributed by atoms with van der Waals surface area (Å²) in [5.74, 6) is -0.659. The summed E-state index contributed by atoms with van der Waals surface area (Å²) in [5, 5.41) is 2.47. The van der Waals surface area contributed by atoms with Gasteiger partial charge in [0.15, 0.2) is 12.5 Å². The van der Waals surface area contributed by atoms with Gasteiger partial charge in [0.2, 0.25) is 0 Å². The quantitative estimate of drug-likeness (QED) is 0.389. The van der Waals surface area contributed by atoms with Gasteiger partial charge in [-0.2, -0.15) is 26.3 Å². The Balaban J connectivity index is 0.00000210. The average Bonchev–Trinajstić information content (AvgIpc) is 3.32. The van der Waals surface area contributed by atoms with Gasteiger partial charge in [0.25, 0.3) is 0 Å². The van der Waals surface area contributed by atoms with Crippen LogP contribution in [0.4, 0.5) is 41.2 Å². The highest BCUT2D eigenvalue weighted by atomic mass is 19.4. The predicted molar refractivity (Wildman–Crippen MR) is 114 cm³/mol. The number of hydrogen-bond acceptors (Lipinski definition) is 4. The van der Waals surface area contributed by atoms with E-state index in [9.17, 15) is 35.5 Å². The number of nitrogens with one attached hydrogen (secondary N) is 1. The molecule has 1 heterocycles. The lowest BCUT2D eigenvalue weighted by Gasteiger charge is -2.24. The maximum Gasteiger partial charge on any atom is 0.420 e. The second-order valence-electron chi connectivity index (χ2n) is 6.60. The highest BCUT2D eigenvalue weighted by Gasteiger charge is 2.44. The van der Waals surface area contributed by atoms with Crippen molar-refractivity contribution in [3.63, 3.8) is 0 Å². The molecule has 0 radical (unpaired) electrons. The van der Waals surface area contributed by atoms with Gasteiger partial charge in [-0.3, -0.25) is 4.90 Å². The van der Waals surface area contributed by atoms with E-state index in [0.29, 0.717) is 0 Å². The fourth-order valence-electron chi connectivity index (χ4n) is 2.96. The van der Waals surface area contributed by atoms with E-state index in [0.717, 1.165) is 42.4 Å². The Labute approximate surface area is 196 Å². The Hall–Kier alpha value is -3.88. The van der Waals surface area contributed by atoms with Gasteiger partial charge >= 0.3 is 18.4 Å². The van der Waals surface area contributed by atoms with Crippen molar-refractivity contribution in [1.29, 1.82) is 0 Å². The van der Waals surface area contributed by atoms with Crippen molar-refractivity contribution >= 4 is 17.5 Å². The molecule has 1 aliphatic heterocycles. The molecule has 1 aliphatic rings. The SMILES string of the molecule is C#Cc1c(C(F)(F)F)cc(C(F)(F)F)c(OC(=O)N(C)c2ccc(F)cc2)c1C1=CNCO1.CC. The second-order valence-corrected chi connectivity index (χ2v) is 6.60. The van der Waals surface area contributed by atoms with Gasteiger partial charge in [-0.15, -0.1) is 6.42 Å². The van der Waals surface area contributed by atoms with E-state index in [1.54, 1.807) is 5.92 Å². The number of hydrogen-bond donors (Lipinski definition) is 1. The fourth-order valence-corrected chi connectivity index (χ4v) is 2.96. The molecule has 0 saturated heterocycles. The molecule has 0 unspecified atom stereocenters. The van der Waals surface area contributed by atoms with Crippen LogP contribution < -0.4 is 15.0 Å². The van der Waals surface area contributed by atoms with Crippen LogP contribution in [0.2, 0.25) is 0 Å². The number of carbonyl (C=O) groups is 1. The first-order chi connectivity index (χ1) is 16.3. The van der Waals surface area contributed by atoms with Crippen LogP contribution in [0.3, 0.4) is 0 Å². The lowest BCUT2D eigenvalue weighted by Crippen LogP contribution is -2.31. The first kappa shape index (κ1) is 27.4. The summed E-state index contributed by atoms with van der Waals surface area (Å²) in [7, 11) is 1.11. The molecule has 1 N–H and O–H groups in total. The topological polar surface area (TPSA) is 50.8 Å². The number of benzene rings is 2. The van der Waals surface area contributed by atoms with Crippen molar-refractivity contribution in [3.8, 4) is 18.1 Å². The minimum atomic E-state index is -5.36. The molecule has 0 aliphatic carbocycles. The average molecular weight is 504 g/mol. The molecule has 1 amide bonds. The molecule has 0 bridgehead atoms. The Kier molecular flexibility index (Phi) is 8.28. The summed E-state index contributed by atoms with van der Waals surface area (Å²) in [6.45, 7) is 3.74. The Morgan fingerprint density at radius 2 is 1.66 bits per heavy atom. The van der Waals surface area contributed by atoms with E-state index in [-0.39, 0.29) is 18.5 Å². The first-order valence-electron chi connectivity index (χ1n) is 9.94. The Morgan fingerprint density at radius 3 is 2.11 bits per heavy atom. The van der Waals surface area contributed by atoms with Gasteiger partial charge in [0.1, 0.15) is 11.6 Å². The lowest BCUT2D eigenvalue weighted by atomic mass is 9.94. The highest BCUT2D eigenvalue weighted by Crippen LogP contribution is 2.47. The molecule has 35 heavy (non-hydrogen) atoms. The molecule has 188 valence electrons. The van der Waals surface area contributed by atoms with Crippen molar-refractivity contribution in [2.75, 3.05) is 18.7 Å². The summed E-state index contributed by atoms with van der Waals surface area (Å²) < 4.78 is 105. The van der Waals surface area contributed by atoms with Crippen LogP contribution in [0.25, 0.3) is 5.76 Å². The number of rotatable bonds is 3. The summed E-state index contributed by atoms with van der Waals surface area (Å²) in [6.07, 6.45) is -5.80. The summed E-state index contributed by atoms with van der Waals surface area (Å²) in [5.41, 5.74) is -5.47. The largest absolute Gasteiger partial charge is 0.471 e. The second kappa shape index (κ2) is 10.6. The monoisotopic (exact) mass is 504 g/mol. The number of nitrogens with zero attached hydrogens (tertiary/aromatic N) is 1. The van der Waals surface area contributed by atoms with E-state index in [1.807, 2.05) is 13.8 Å². The van der Waals surface area contributed by atoms with E-state index in [4.69, 9.17) is 15.9 Å². The maximum atomic E-state index is 13.8. The third kappa shape index (κ3) is 5.98. The highest BCUT2D eigenvalue weighted by molar-refractivity contribution is 5.90. The van der Waals surface area contributed by atoms with Gasteiger partial charge in [0, 0.05) is 18.9 Å². The van der Waals surface area contributed by atoms with Crippen LogP contribution in [0.15, 0.2) is 36.5 Å². The molecule has 2 aromatic rings. The third-order valence-electron chi connectivity index (χ3n) is 4.50. The molecule has 3 rings (SSSR count). The van der Waals surface area contributed by atoms with Crippen LogP contribution in [-0.2, 0) is 17.1 Å². The number of carbonyl (C=O) groups excluding carboxylic acids is 1. The molecule has 0 aromatic heterocycles. The van der Waals surface area contributed by atoms with Crippen LogP contribution in [0, 0.1) is 18.2 Å². The molecule has 0 saturated carbocycles. The zero-order chi connectivity index (χ0) is 26.6. The minimum Gasteiger partial charge on any atom is -0.471 e. The lowest BCUT2D eigenvalue weighted by molar-refractivity contribution is -0.143. The molecule has 12 heteroatoms. The maximum absolute atomic E-state index is 13.8. The summed E-state index contributed by atoms with van der Waals surface area (Å²) in [4.78, 5) is 13.4.